The Balaban J connectivity index is 1.70. The topological polar surface area (TPSA) is 95.6 Å². The minimum atomic E-state index is -3.86. The van der Waals surface area contributed by atoms with Crippen molar-refractivity contribution in [3.8, 4) is 0 Å². The number of hydrogen-bond acceptors (Lipinski definition) is 4. The SMILES string of the molecule is Cc1ccc(S(=O)(=O)N(CCC(=O)Nc2ccc(C(=O)NC(C)(C)C)cc2)c2ccccc2)cc1. The first-order chi connectivity index (χ1) is 16.5. The quantitative estimate of drug-likeness (QED) is 0.473. The standard InChI is InChI=1S/C27H31N3O4S/c1-20-10-16-24(17-11-20)35(33,34)30(23-8-6-5-7-9-23)19-18-25(31)28-22-14-12-21(13-15-22)26(32)29-27(2,3)4/h5-17H,18-19H2,1-4H3,(H,28,31)(H,29,32). The van der Waals surface area contributed by atoms with E-state index in [1.54, 1.807) is 78.9 Å². The lowest BCUT2D eigenvalue weighted by Crippen LogP contribution is -2.40. The van der Waals surface area contributed by atoms with E-state index in [1.807, 2.05) is 27.7 Å². The van der Waals surface area contributed by atoms with Crippen molar-refractivity contribution in [1.29, 1.82) is 0 Å². The Hall–Kier alpha value is -3.65. The van der Waals surface area contributed by atoms with Gasteiger partial charge in [-0.1, -0.05) is 35.9 Å². The molecule has 0 unspecified atom stereocenters. The van der Waals surface area contributed by atoms with Gasteiger partial charge in [0.15, 0.2) is 0 Å². The van der Waals surface area contributed by atoms with E-state index in [1.165, 1.54) is 4.31 Å². The molecular formula is C27H31N3O4S. The predicted octanol–water partition coefficient (Wildman–Crippen LogP) is 4.75. The second-order valence-electron chi connectivity index (χ2n) is 9.31. The van der Waals surface area contributed by atoms with Crippen LogP contribution >= 0.6 is 0 Å². The zero-order valence-electron chi connectivity index (χ0n) is 20.4. The summed E-state index contributed by atoms with van der Waals surface area (Å²) in [6.07, 6.45) is -0.0494. The molecule has 0 spiro atoms. The maximum Gasteiger partial charge on any atom is 0.264 e. The zero-order valence-corrected chi connectivity index (χ0v) is 21.2. The lowest BCUT2D eigenvalue weighted by Gasteiger charge is -2.24. The number of anilines is 2. The molecular weight excluding hydrogens is 462 g/mol. The van der Waals surface area contributed by atoms with Crippen molar-refractivity contribution in [2.45, 2.75) is 44.6 Å². The van der Waals surface area contributed by atoms with Crippen molar-refractivity contribution in [2.75, 3.05) is 16.2 Å². The highest BCUT2D eigenvalue weighted by molar-refractivity contribution is 7.92. The Morgan fingerprint density at radius 3 is 2.03 bits per heavy atom. The van der Waals surface area contributed by atoms with Gasteiger partial charge in [-0.25, -0.2) is 8.42 Å². The molecule has 0 radical (unpaired) electrons. The van der Waals surface area contributed by atoms with Gasteiger partial charge in [0, 0.05) is 29.8 Å². The molecule has 0 aliphatic heterocycles. The van der Waals surface area contributed by atoms with E-state index in [-0.39, 0.29) is 35.2 Å². The Kier molecular flexibility index (Phi) is 7.96. The fourth-order valence-electron chi connectivity index (χ4n) is 3.36. The minimum absolute atomic E-state index is 0.0296. The molecule has 0 aliphatic carbocycles. The highest BCUT2D eigenvalue weighted by atomic mass is 32.2. The lowest BCUT2D eigenvalue weighted by molar-refractivity contribution is -0.116. The van der Waals surface area contributed by atoms with Crippen LogP contribution in [0.3, 0.4) is 0 Å². The second-order valence-corrected chi connectivity index (χ2v) is 11.2. The molecule has 184 valence electrons. The number of rotatable bonds is 8. The molecule has 0 aliphatic rings. The van der Waals surface area contributed by atoms with Gasteiger partial charge in [-0.2, -0.15) is 0 Å². The fraction of sp³-hybridized carbons (Fsp3) is 0.259. The molecule has 3 aromatic carbocycles. The van der Waals surface area contributed by atoms with Gasteiger partial charge >= 0.3 is 0 Å². The van der Waals surface area contributed by atoms with E-state index in [0.717, 1.165) is 5.56 Å². The van der Waals surface area contributed by atoms with Crippen LogP contribution in [0.1, 0.15) is 43.1 Å². The van der Waals surface area contributed by atoms with Crippen LogP contribution in [0.2, 0.25) is 0 Å². The summed E-state index contributed by atoms with van der Waals surface area (Å²) in [4.78, 5) is 25.1. The van der Waals surface area contributed by atoms with Crippen molar-refractivity contribution < 1.29 is 18.0 Å². The normalized spacial score (nSPS) is 11.5. The van der Waals surface area contributed by atoms with Crippen LogP contribution < -0.4 is 14.9 Å². The minimum Gasteiger partial charge on any atom is -0.347 e. The van der Waals surface area contributed by atoms with E-state index in [2.05, 4.69) is 10.6 Å². The maximum absolute atomic E-state index is 13.4. The first-order valence-corrected chi connectivity index (χ1v) is 12.8. The third-order valence-electron chi connectivity index (χ3n) is 5.11. The maximum atomic E-state index is 13.4. The first-order valence-electron chi connectivity index (χ1n) is 11.3. The first kappa shape index (κ1) is 26.0. The Morgan fingerprint density at radius 2 is 1.46 bits per heavy atom. The molecule has 3 rings (SSSR count). The van der Waals surface area contributed by atoms with Gasteiger partial charge in [-0.05, 0) is 76.2 Å². The number of carbonyl (C=O) groups is 2. The number of amides is 2. The number of aryl methyl sites for hydroxylation is 1. The number of nitrogens with one attached hydrogen (secondary N) is 2. The molecule has 0 bridgehead atoms. The summed E-state index contributed by atoms with van der Waals surface area (Å²) in [5.74, 6) is -0.535. The molecule has 35 heavy (non-hydrogen) atoms. The van der Waals surface area contributed by atoms with E-state index >= 15 is 0 Å². The van der Waals surface area contributed by atoms with Crippen molar-refractivity contribution in [3.05, 3.63) is 90.0 Å². The largest absolute Gasteiger partial charge is 0.347 e. The van der Waals surface area contributed by atoms with Crippen LogP contribution in [-0.2, 0) is 14.8 Å². The predicted molar refractivity (Wildman–Crippen MR) is 139 cm³/mol. The summed E-state index contributed by atoms with van der Waals surface area (Å²) >= 11 is 0. The van der Waals surface area contributed by atoms with Gasteiger partial charge in [0.2, 0.25) is 5.91 Å². The Labute approximate surface area is 207 Å². The molecule has 0 saturated heterocycles. The number of benzene rings is 3. The molecule has 0 fully saturated rings. The third kappa shape index (κ3) is 7.16. The number of nitrogens with zero attached hydrogens (tertiary/aromatic N) is 1. The molecule has 0 heterocycles. The van der Waals surface area contributed by atoms with Crippen LogP contribution in [0.4, 0.5) is 11.4 Å². The molecule has 0 aromatic heterocycles. The summed E-state index contributed by atoms with van der Waals surface area (Å²) in [5, 5.41) is 5.66. The average molecular weight is 494 g/mol. The van der Waals surface area contributed by atoms with Gasteiger partial charge in [0.05, 0.1) is 10.6 Å². The molecule has 2 N–H and O–H groups in total. The van der Waals surface area contributed by atoms with Gasteiger partial charge in [-0.15, -0.1) is 0 Å². The third-order valence-corrected chi connectivity index (χ3v) is 6.96. The zero-order chi connectivity index (χ0) is 25.6. The number of para-hydroxylation sites is 1. The van der Waals surface area contributed by atoms with Crippen molar-refractivity contribution in [2.24, 2.45) is 0 Å². The van der Waals surface area contributed by atoms with Gasteiger partial charge in [-0.3, -0.25) is 13.9 Å². The molecule has 0 atom stereocenters. The Morgan fingerprint density at radius 1 is 0.857 bits per heavy atom. The van der Waals surface area contributed by atoms with Crippen molar-refractivity contribution in [3.63, 3.8) is 0 Å². The molecule has 3 aromatic rings. The van der Waals surface area contributed by atoms with Crippen LogP contribution in [0, 0.1) is 6.92 Å². The van der Waals surface area contributed by atoms with Crippen LogP contribution in [0.5, 0.6) is 0 Å². The van der Waals surface area contributed by atoms with E-state index < -0.39 is 10.0 Å². The summed E-state index contributed by atoms with van der Waals surface area (Å²) in [7, 11) is -3.86. The van der Waals surface area contributed by atoms with Gasteiger partial charge in [0.1, 0.15) is 0 Å². The smallest absolute Gasteiger partial charge is 0.264 e. The monoisotopic (exact) mass is 493 g/mol. The molecule has 2 amide bonds. The highest BCUT2D eigenvalue weighted by Crippen LogP contribution is 2.24. The fourth-order valence-corrected chi connectivity index (χ4v) is 4.83. The van der Waals surface area contributed by atoms with Gasteiger partial charge in [0.25, 0.3) is 15.9 Å². The van der Waals surface area contributed by atoms with E-state index in [9.17, 15) is 18.0 Å². The van der Waals surface area contributed by atoms with Crippen LogP contribution in [0.15, 0.2) is 83.8 Å². The Bertz CT molecular complexity index is 1260. The number of carbonyl (C=O) groups excluding carboxylic acids is 2. The molecule has 0 saturated carbocycles. The number of sulfonamides is 1. The van der Waals surface area contributed by atoms with Crippen LogP contribution in [0.25, 0.3) is 0 Å². The van der Waals surface area contributed by atoms with Crippen LogP contribution in [-0.4, -0.2) is 32.3 Å². The summed E-state index contributed by atoms with van der Waals surface area (Å²) in [6.45, 7) is 7.56. The summed E-state index contributed by atoms with van der Waals surface area (Å²) in [6, 6.07) is 21.9. The molecule has 8 heteroatoms. The second kappa shape index (κ2) is 10.7. The van der Waals surface area contributed by atoms with Gasteiger partial charge < -0.3 is 10.6 Å². The molecule has 7 nitrogen and oxygen atoms in total. The van der Waals surface area contributed by atoms with E-state index in [0.29, 0.717) is 16.9 Å². The summed E-state index contributed by atoms with van der Waals surface area (Å²) < 4.78 is 28.0. The highest BCUT2D eigenvalue weighted by Gasteiger charge is 2.25. The van der Waals surface area contributed by atoms with Crippen molar-refractivity contribution >= 4 is 33.2 Å². The summed E-state index contributed by atoms with van der Waals surface area (Å²) in [5.41, 5.74) is 2.09. The van der Waals surface area contributed by atoms with E-state index in [4.69, 9.17) is 0 Å². The van der Waals surface area contributed by atoms with Crippen molar-refractivity contribution in [1.82, 2.24) is 5.32 Å². The average Bonchev–Trinajstić information content (AvgIpc) is 2.79. The number of hydrogen-bond donors (Lipinski definition) is 2. The lowest BCUT2D eigenvalue weighted by atomic mass is 10.1.